The molecule has 234 valence electrons. The monoisotopic (exact) mass is 647 g/mol. The van der Waals surface area contributed by atoms with Gasteiger partial charge in [-0.1, -0.05) is 139 Å². The summed E-state index contributed by atoms with van der Waals surface area (Å²) in [5.41, 5.74) is 5.16. The highest BCUT2D eigenvalue weighted by Crippen LogP contribution is 2.43. The van der Waals surface area contributed by atoms with E-state index in [1.54, 1.807) is 10.6 Å². The fraction of sp³-hybridized carbons (Fsp3) is 0. The Morgan fingerprint density at radius 3 is 1.74 bits per heavy atom. The zero-order chi connectivity index (χ0) is 39.1. The number of furan rings is 1. The number of nitrogens with zero attached hydrogens (tertiary/aromatic N) is 4. The van der Waals surface area contributed by atoms with Crippen LogP contribution in [0.4, 0.5) is 0 Å². The highest BCUT2D eigenvalue weighted by molar-refractivity contribution is 6.19. The summed E-state index contributed by atoms with van der Waals surface area (Å²) in [7, 11) is 0. The Bertz CT molecular complexity index is 3200. The van der Waals surface area contributed by atoms with Gasteiger partial charge in [-0.15, -0.1) is 0 Å². The highest BCUT2D eigenvalue weighted by Gasteiger charge is 2.23. The Morgan fingerprint density at radius 1 is 0.460 bits per heavy atom. The van der Waals surface area contributed by atoms with Gasteiger partial charge in [-0.25, -0.2) is 15.0 Å². The van der Waals surface area contributed by atoms with Crippen molar-refractivity contribution in [3.05, 3.63) is 170 Å². The topological polar surface area (TPSA) is 56.7 Å². The van der Waals surface area contributed by atoms with Gasteiger partial charge in [0.15, 0.2) is 17.5 Å². The van der Waals surface area contributed by atoms with E-state index in [-0.39, 0.29) is 57.4 Å². The molecule has 0 fully saturated rings. The van der Waals surface area contributed by atoms with E-state index in [4.69, 9.17) is 23.5 Å². The van der Waals surface area contributed by atoms with Gasteiger partial charge in [0.2, 0.25) is 0 Å². The number of para-hydroxylation sites is 2. The summed E-state index contributed by atoms with van der Waals surface area (Å²) in [6, 6.07) is 37.1. The lowest BCUT2D eigenvalue weighted by Crippen LogP contribution is -2.02. The summed E-state index contributed by atoms with van der Waals surface area (Å²) >= 11 is 0. The lowest BCUT2D eigenvalue weighted by Gasteiger charge is -2.14. The average Bonchev–Trinajstić information content (AvgIpc) is 3.82. The second-order valence-electron chi connectivity index (χ2n) is 11.9. The van der Waals surface area contributed by atoms with Crippen molar-refractivity contribution in [2.75, 3.05) is 0 Å². The van der Waals surface area contributed by atoms with Crippen LogP contribution in [0.15, 0.2) is 174 Å². The van der Waals surface area contributed by atoms with E-state index in [2.05, 4.69) is 0 Å². The molecule has 0 radical (unpaired) electrons. The summed E-state index contributed by atoms with van der Waals surface area (Å²) in [6.07, 6.45) is 0. The summed E-state index contributed by atoms with van der Waals surface area (Å²) in [6.45, 7) is 0. The van der Waals surface area contributed by atoms with Crippen molar-refractivity contribution >= 4 is 43.7 Å². The van der Waals surface area contributed by atoms with Gasteiger partial charge in [-0.3, -0.25) is 0 Å². The van der Waals surface area contributed by atoms with Crippen LogP contribution in [0, 0.1) is 0 Å². The van der Waals surface area contributed by atoms with Crippen LogP contribution < -0.4 is 0 Å². The van der Waals surface area contributed by atoms with Crippen molar-refractivity contribution in [3.63, 3.8) is 0 Å². The predicted octanol–water partition coefficient (Wildman–Crippen LogP) is 11.5. The van der Waals surface area contributed by atoms with Crippen molar-refractivity contribution in [3.8, 4) is 51.0 Å². The van der Waals surface area contributed by atoms with Gasteiger partial charge in [0, 0.05) is 32.8 Å². The van der Waals surface area contributed by atoms with E-state index in [1.165, 1.54) is 0 Å². The number of rotatable bonds is 5. The Kier molecular flexibility index (Phi) is 4.99. The predicted molar refractivity (Wildman–Crippen MR) is 203 cm³/mol. The summed E-state index contributed by atoms with van der Waals surface area (Å²) in [4.78, 5) is 14.7. The molecule has 3 heterocycles. The third-order valence-electron chi connectivity index (χ3n) is 8.96. The minimum Gasteiger partial charge on any atom is -0.456 e. The molecule has 0 aliphatic heterocycles. The van der Waals surface area contributed by atoms with E-state index in [9.17, 15) is 5.48 Å². The Labute approximate surface area is 297 Å². The van der Waals surface area contributed by atoms with E-state index < -0.39 is 18.1 Å². The largest absolute Gasteiger partial charge is 0.456 e. The molecule has 7 aromatic carbocycles. The van der Waals surface area contributed by atoms with Gasteiger partial charge in [-0.05, 0) is 41.4 Å². The number of aromatic nitrogens is 4. The molecular weight excluding hydrogens is 613 g/mol. The Morgan fingerprint density at radius 2 is 1.04 bits per heavy atom. The quantitative estimate of drug-likeness (QED) is 0.186. The molecule has 3 aromatic heterocycles. The molecule has 5 nitrogen and oxygen atoms in total. The van der Waals surface area contributed by atoms with E-state index in [1.807, 2.05) is 121 Å². The van der Waals surface area contributed by atoms with Crippen molar-refractivity contribution < 1.29 is 14.0 Å². The zero-order valence-electron chi connectivity index (χ0n) is 33.3. The zero-order valence-corrected chi connectivity index (χ0v) is 26.3. The molecule has 5 heteroatoms. The van der Waals surface area contributed by atoms with Crippen LogP contribution >= 0.6 is 0 Å². The van der Waals surface area contributed by atoms with Gasteiger partial charge in [0.25, 0.3) is 0 Å². The highest BCUT2D eigenvalue weighted by atomic mass is 16.3. The van der Waals surface area contributed by atoms with Crippen LogP contribution in [0.1, 0.15) is 9.60 Å². The van der Waals surface area contributed by atoms with Crippen LogP contribution in [-0.4, -0.2) is 19.5 Å². The first-order valence-corrected chi connectivity index (χ1v) is 16.1. The first-order chi connectivity index (χ1) is 27.7. The Hall–Kier alpha value is -6.85. The lowest BCUT2D eigenvalue weighted by atomic mass is 9.98. The van der Waals surface area contributed by atoms with E-state index in [0.717, 1.165) is 16.5 Å². The number of hydrogen-bond donors (Lipinski definition) is 0. The molecule has 0 atom stereocenters. The van der Waals surface area contributed by atoms with E-state index in [0.29, 0.717) is 45.0 Å². The number of benzene rings is 7. The molecule has 0 bridgehead atoms. The molecule has 0 aliphatic carbocycles. The van der Waals surface area contributed by atoms with Crippen LogP contribution in [0.3, 0.4) is 0 Å². The summed E-state index contributed by atoms with van der Waals surface area (Å²) < 4.78 is 72.4. The molecule has 0 N–H and O–H groups in total. The third kappa shape index (κ3) is 4.45. The maximum atomic E-state index is 9.53. The van der Waals surface area contributed by atoms with Gasteiger partial charge >= 0.3 is 0 Å². The number of hydrogen-bond acceptors (Lipinski definition) is 4. The standard InChI is InChI=1S/C45H28N4O/c1-4-15-29(16-5-1)32-22-13-27-38-40(32)41-37(26-14-28-39(41)50-38)49-36-25-11-10-21-33(36)34-23-12-24-35(42(34)49)45-47-43(30-17-6-2-7-18-30)46-44(48-45)31-19-8-3-9-20-31/h1-28H/i10D,11D,12D,21D,23D,24D,25D. The normalized spacial score (nSPS) is 13.6. The molecule has 10 rings (SSSR count). The smallest absolute Gasteiger partial charge is 0.166 e. The van der Waals surface area contributed by atoms with Gasteiger partial charge in [-0.2, -0.15) is 0 Å². The first-order valence-electron chi connectivity index (χ1n) is 19.6. The summed E-state index contributed by atoms with van der Waals surface area (Å²) in [5.74, 6) is 0.673. The molecule has 0 spiro atoms. The maximum Gasteiger partial charge on any atom is 0.166 e. The average molecular weight is 648 g/mol. The van der Waals surface area contributed by atoms with Crippen molar-refractivity contribution in [1.82, 2.24) is 19.5 Å². The van der Waals surface area contributed by atoms with Crippen molar-refractivity contribution in [1.29, 1.82) is 0 Å². The van der Waals surface area contributed by atoms with Gasteiger partial charge in [0.1, 0.15) is 11.2 Å². The Balaban J connectivity index is 1.44. The molecule has 50 heavy (non-hydrogen) atoms. The van der Waals surface area contributed by atoms with Crippen molar-refractivity contribution in [2.24, 2.45) is 0 Å². The maximum absolute atomic E-state index is 9.53. The fourth-order valence-corrected chi connectivity index (χ4v) is 6.79. The molecule has 10 aromatic rings. The second-order valence-corrected chi connectivity index (χ2v) is 11.9. The molecule has 0 amide bonds. The number of fused-ring (bicyclic) bond motifs is 6. The SMILES string of the molecule is [2H]c1c([2H])c([2H])c2c(c1[2H])c1c([2H])c([2H])c([2H])c(-c3nc(-c4ccccc4)nc(-c4ccccc4)n3)c1n2-c1cccc2oc3cccc(-c4ccccc4)c3c12. The molecular formula is C45H28N4O. The first kappa shape index (κ1) is 21.9. The minimum atomic E-state index is -0.481. The van der Waals surface area contributed by atoms with Gasteiger partial charge < -0.3 is 8.98 Å². The lowest BCUT2D eigenvalue weighted by molar-refractivity contribution is 0.669. The van der Waals surface area contributed by atoms with Crippen LogP contribution in [0.5, 0.6) is 0 Å². The van der Waals surface area contributed by atoms with Crippen LogP contribution in [0.25, 0.3) is 94.7 Å². The molecule has 0 saturated heterocycles. The molecule has 0 saturated carbocycles. The van der Waals surface area contributed by atoms with Crippen LogP contribution in [-0.2, 0) is 0 Å². The molecule has 0 aliphatic rings. The second kappa shape index (κ2) is 11.4. The summed E-state index contributed by atoms with van der Waals surface area (Å²) in [5, 5.41) is 1.55. The van der Waals surface area contributed by atoms with E-state index >= 15 is 0 Å². The molecule has 0 unspecified atom stereocenters. The fourth-order valence-electron chi connectivity index (χ4n) is 6.79. The van der Waals surface area contributed by atoms with Crippen LogP contribution in [0.2, 0.25) is 0 Å². The third-order valence-corrected chi connectivity index (χ3v) is 8.96. The minimum absolute atomic E-state index is 0.0414. The van der Waals surface area contributed by atoms with Crippen molar-refractivity contribution in [2.45, 2.75) is 0 Å². The van der Waals surface area contributed by atoms with Gasteiger partial charge in [0.05, 0.1) is 31.7 Å².